The maximum absolute atomic E-state index is 11.6. The first kappa shape index (κ1) is 12.6. The highest BCUT2D eigenvalue weighted by Crippen LogP contribution is 2.20. The normalized spacial score (nSPS) is 16.3. The number of hydrogen-bond donors (Lipinski definition) is 2. The molecule has 2 rings (SSSR count). The Hall–Kier alpha value is -0.810. The van der Waals surface area contributed by atoms with Crippen molar-refractivity contribution in [2.24, 2.45) is 0 Å². The van der Waals surface area contributed by atoms with Gasteiger partial charge >= 0.3 is 0 Å². The average molecular weight is 301 g/mol. The fourth-order valence-corrected chi connectivity index (χ4v) is 2.38. The van der Waals surface area contributed by atoms with E-state index >= 15 is 0 Å². The predicted octanol–water partition coefficient (Wildman–Crippen LogP) is 2.47. The van der Waals surface area contributed by atoms with E-state index in [0.29, 0.717) is 24.9 Å². The summed E-state index contributed by atoms with van der Waals surface area (Å²) in [6.07, 6.45) is 7.02. The number of nitrogens with one attached hydrogen (secondary N) is 2. The SMILES string of the molecule is O=C(NCCOC1CCCC1)c1cc(Br)c[nH]1. The Bertz CT molecular complexity index is 372. The van der Waals surface area contributed by atoms with E-state index in [1.165, 1.54) is 12.8 Å². The number of rotatable bonds is 5. The monoisotopic (exact) mass is 300 g/mol. The molecule has 1 fully saturated rings. The van der Waals surface area contributed by atoms with Gasteiger partial charge in [-0.2, -0.15) is 0 Å². The molecular formula is C12H17BrN2O2. The zero-order chi connectivity index (χ0) is 12.1. The first-order chi connectivity index (χ1) is 8.25. The van der Waals surface area contributed by atoms with Crippen molar-refractivity contribution in [3.63, 3.8) is 0 Å². The molecule has 0 bridgehead atoms. The Morgan fingerprint density at radius 3 is 2.94 bits per heavy atom. The van der Waals surface area contributed by atoms with Gasteiger partial charge in [-0.3, -0.25) is 4.79 Å². The molecule has 0 saturated heterocycles. The van der Waals surface area contributed by atoms with Crippen LogP contribution in [0.1, 0.15) is 36.2 Å². The van der Waals surface area contributed by atoms with Crippen LogP contribution in [0.15, 0.2) is 16.7 Å². The summed E-state index contributed by atoms with van der Waals surface area (Å²) in [4.78, 5) is 14.5. The van der Waals surface area contributed by atoms with Crippen molar-refractivity contribution < 1.29 is 9.53 Å². The lowest BCUT2D eigenvalue weighted by atomic mass is 10.3. The molecule has 1 aromatic rings. The number of hydrogen-bond acceptors (Lipinski definition) is 2. The van der Waals surface area contributed by atoms with Crippen molar-refractivity contribution in [1.82, 2.24) is 10.3 Å². The van der Waals surface area contributed by atoms with Gasteiger partial charge in [0.15, 0.2) is 0 Å². The summed E-state index contributed by atoms with van der Waals surface area (Å²) in [6, 6.07) is 1.76. The summed E-state index contributed by atoms with van der Waals surface area (Å²) >= 11 is 3.29. The summed E-state index contributed by atoms with van der Waals surface area (Å²) in [7, 11) is 0. The van der Waals surface area contributed by atoms with Crippen LogP contribution in [0.5, 0.6) is 0 Å². The Labute approximate surface area is 109 Å². The minimum absolute atomic E-state index is 0.0919. The van der Waals surface area contributed by atoms with E-state index in [-0.39, 0.29) is 5.91 Å². The standard InChI is InChI=1S/C12H17BrN2O2/c13-9-7-11(15-8-9)12(16)14-5-6-17-10-3-1-2-4-10/h7-8,10,15H,1-6H2,(H,14,16). The van der Waals surface area contributed by atoms with Crippen LogP contribution < -0.4 is 5.32 Å². The van der Waals surface area contributed by atoms with E-state index in [9.17, 15) is 4.79 Å². The van der Waals surface area contributed by atoms with Crippen molar-refractivity contribution in [3.8, 4) is 0 Å². The maximum Gasteiger partial charge on any atom is 0.267 e. The molecule has 5 heteroatoms. The van der Waals surface area contributed by atoms with Crippen molar-refractivity contribution >= 4 is 21.8 Å². The number of aromatic amines is 1. The van der Waals surface area contributed by atoms with Gasteiger partial charge in [0.25, 0.3) is 5.91 Å². The molecule has 1 saturated carbocycles. The minimum atomic E-state index is -0.0919. The fraction of sp³-hybridized carbons (Fsp3) is 0.583. The molecular weight excluding hydrogens is 284 g/mol. The second-order valence-electron chi connectivity index (χ2n) is 4.26. The summed E-state index contributed by atoms with van der Waals surface area (Å²) in [5.74, 6) is -0.0919. The molecule has 0 unspecified atom stereocenters. The third-order valence-corrected chi connectivity index (χ3v) is 3.39. The molecule has 0 aliphatic heterocycles. The molecule has 1 aliphatic carbocycles. The Morgan fingerprint density at radius 2 is 2.29 bits per heavy atom. The highest BCUT2D eigenvalue weighted by atomic mass is 79.9. The van der Waals surface area contributed by atoms with Gasteiger partial charge < -0.3 is 15.0 Å². The third kappa shape index (κ3) is 3.85. The third-order valence-electron chi connectivity index (χ3n) is 2.94. The molecule has 0 radical (unpaired) electrons. The Kier molecular flexibility index (Phi) is 4.62. The largest absolute Gasteiger partial charge is 0.376 e. The molecule has 0 aromatic carbocycles. The lowest BCUT2D eigenvalue weighted by Crippen LogP contribution is -2.28. The Morgan fingerprint density at radius 1 is 1.53 bits per heavy atom. The molecule has 17 heavy (non-hydrogen) atoms. The summed E-state index contributed by atoms with van der Waals surface area (Å²) < 4.78 is 6.54. The zero-order valence-electron chi connectivity index (χ0n) is 9.67. The van der Waals surface area contributed by atoms with Gasteiger partial charge in [0.2, 0.25) is 0 Å². The number of amides is 1. The molecule has 2 N–H and O–H groups in total. The van der Waals surface area contributed by atoms with Crippen LogP contribution in [0.25, 0.3) is 0 Å². The van der Waals surface area contributed by atoms with Crippen LogP contribution in [0.4, 0.5) is 0 Å². The second-order valence-corrected chi connectivity index (χ2v) is 5.18. The molecule has 0 atom stereocenters. The van der Waals surface area contributed by atoms with Gasteiger partial charge in [0.1, 0.15) is 5.69 Å². The number of ether oxygens (including phenoxy) is 1. The Balaban J connectivity index is 1.63. The van der Waals surface area contributed by atoms with Crippen LogP contribution >= 0.6 is 15.9 Å². The first-order valence-electron chi connectivity index (χ1n) is 5.99. The molecule has 1 aromatic heterocycles. The smallest absolute Gasteiger partial charge is 0.267 e. The van der Waals surface area contributed by atoms with E-state index in [0.717, 1.165) is 17.3 Å². The van der Waals surface area contributed by atoms with Crippen LogP contribution in [-0.4, -0.2) is 30.1 Å². The highest BCUT2D eigenvalue weighted by molar-refractivity contribution is 9.10. The minimum Gasteiger partial charge on any atom is -0.376 e. The van der Waals surface area contributed by atoms with Crippen LogP contribution in [-0.2, 0) is 4.74 Å². The lowest BCUT2D eigenvalue weighted by Gasteiger charge is -2.11. The van der Waals surface area contributed by atoms with Gasteiger partial charge in [-0.15, -0.1) is 0 Å². The van der Waals surface area contributed by atoms with Crippen LogP contribution in [0, 0.1) is 0 Å². The van der Waals surface area contributed by atoms with Gasteiger partial charge in [0.05, 0.1) is 12.7 Å². The van der Waals surface area contributed by atoms with E-state index in [4.69, 9.17) is 4.74 Å². The van der Waals surface area contributed by atoms with Gasteiger partial charge in [-0.25, -0.2) is 0 Å². The molecule has 1 heterocycles. The summed E-state index contributed by atoms with van der Waals surface area (Å²) in [5.41, 5.74) is 0.567. The first-order valence-corrected chi connectivity index (χ1v) is 6.79. The van der Waals surface area contributed by atoms with Crippen molar-refractivity contribution in [2.75, 3.05) is 13.2 Å². The quantitative estimate of drug-likeness (QED) is 0.821. The molecule has 0 spiro atoms. The second kappa shape index (κ2) is 6.21. The number of carbonyl (C=O) groups excluding carboxylic acids is 1. The van der Waals surface area contributed by atoms with Crippen LogP contribution in [0.3, 0.4) is 0 Å². The number of H-pyrrole nitrogens is 1. The van der Waals surface area contributed by atoms with Gasteiger partial charge in [0, 0.05) is 17.2 Å². The van der Waals surface area contributed by atoms with E-state index in [2.05, 4.69) is 26.2 Å². The van der Waals surface area contributed by atoms with Crippen LogP contribution in [0.2, 0.25) is 0 Å². The highest BCUT2D eigenvalue weighted by Gasteiger charge is 2.15. The molecule has 1 amide bonds. The van der Waals surface area contributed by atoms with E-state index in [1.807, 2.05) is 0 Å². The van der Waals surface area contributed by atoms with Gasteiger partial charge in [-0.05, 0) is 34.8 Å². The number of halogens is 1. The van der Waals surface area contributed by atoms with E-state index < -0.39 is 0 Å². The topological polar surface area (TPSA) is 54.1 Å². The van der Waals surface area contributed by atoms with Gasteiger partial charge in [-0.1, -0.05) is 12.8 Å². The summed E-state index contributed by atoms with van der Waals surface area (Å²) in [6.45, 7) is 1.16. The molecule has 94 valence electrons. The number of carbonyl (C=O) groups is 1. The summed E-state index contributed by atoms with van der Waals surface area (Å²) in [5, 5.41) is 2.82. The number of aromatic nitrogens is 1. The molecule has 4 nitrogen and oxygen atoms in total. The maximum atomic E-state index is 11.6. The fourth-order valence-electron chi connectivity index (χ4n) is 2.04. The lowest BCUT2D eigenvalue weighted by molar-refractivity contribution is 0.0581. The van der Waals surface area contributed by atoms with E-state index in [1.54, 1.807) is 12.3 Å². The predicted molar refractivity (Wildman–Crippen MR) is 69.0 cm³/mol. The van der Waals surface area contributed by atoms with Crippen molar-refractivity contribution in [2.45, 2.75) is 31.8 Å². The van der Waals surface area contributed by atoms with Crippen molar-refractivity contribution in [1.29, 1.82) is 0 Å². The zero-order valence-corrected chi connectivity index (χ0v) is 11.3. The van der Waals surface area contributed by atoms with Crippen molar-refractivity contribution in [3.05, 3.63) is 22.4 Å². The average Bonchev–Trinajstić information content (AvgIpc) is 2.95. The molecule has 1 aliphatic rings.